The fourth-order valence-corrected chi connectivity index (χ4v) is 2.18. The number of rotatable bonds is 4. The molecule has 0 amide bonds. The number of ether oxygens (including phenoxy) is 1. The lowest BCUT2D eigenvalue weighted by Gasteiger charge is -2.05. The number of aromatic nitrogens is 2. The number of benzene rings is 1. The highest BCUT2D eigenvalue weighted by atomic mass is 16.5. The summed E-state index contributed by atoms with van der Waals surface area (Å²) in [6.45, 7) is 0. The van der Waals surface area contributed by atoms with Crippen LogP contribution in [0.3, 0.4) is 0 Å². The van der Waals surface area contributed by atoms with E-state index in [-0.39, 0.29) is 5.56 Å². The third-order valence-corrected chi connectivity index (χ3v) is 3.31. The van der Waals surface area contributed by atoms with Crippen LogP contribution in [0.4, 0.5) is 0 Å². The van der Waals surface area contributed by atoms with Crippen molar-refractivity contribution >= 4 is 0 Å². The number of nitrogens with zero attached hydrogens (tertiary/aromatic N) is 1. The summed E-state index contributed by atoms with van der Waals surface area (Å²) in [6, 6.07) is 9.43. The van der Waals surface area contributed by atoms with Gasteiger partial charge in [-0.2, -0.15) is 0 Å². The van der Waals surface area contributed by atoms with Crippen LogP contribution >= 0.6 is 0 Å². The monoisotopic (exact) mass is 256 g/mol. The zero-order chi connectivity index (χ0) is 13.2. The van der Waals surface area contributed by atoms with Crippen LogP contribution in [0.5, 0.6) is 5.75 Å². The second-order valence-corrected chi connectivity index (χ2v) is 4.92. The Morgan fingerprint density at radius 3 is 2.95 bits per heavy atom. The van der Waals surface area contributed by atoms with E-state index in [0.29, 0.717) is 12.3 Å². The van der Waals surface area contributed by atoms with Crippen LogP contribution < -0.4 is 10.3 Å². The van der Waals surface area contributed by atoms with Crippen LogP contribution in [0, 0.1) is 0 Å². The van der Waals surface area contributed by atoms with Gasteiger partial charge < -0.3 is 9.72 Å². The number of aromatic amines is 1. The smallest absolute Gasteiger partial charge is 0.251 e. The van der Waals surface area contributed by atoms with Crippen molar-refractivity contribution in [2.75, 3.05) is 7.11 Å². The molecule has 1 aromatic carbocycles. The second-order valence-electron chi connectivity index (χ2n) is 4.92. The van der Waals surface area contributed by atoms with Gasteiger partial charge in [-0.1, -0.05) is 12.1 Å². The van der Waals surface area contributed by atoms with Gasteiger partial charge in [-0.15, -0.1) is 0 Å². The van der Waals surface area contributed by atoms with Crippen LogP contribution in [0.2, 0.25) is 0 Å². The number of H-pyrrole nitrogens is 1. The molecule has 98 valence electrons. The van der Waals surface area contributed by atoms with Crippen molar-refractivity contribution in [2.24, 2.45) is 0 Å². The third-order valence-electron chi connectivity index (χ3n) is 3.31. The SMILES string of the molecule is COc1cccc(Cc2nc(C3CC3)cc(=O)[nH]2)c1. The Hall–Kier alpha value is -2.10. The first-order valence-corrected chi connectivity index (χ1v) is 6.47. The summed E-state index contributed by atoms with van der Waals surface area (Å²) in [5.41, 5.74) is 1.95. The topological polar surface area (TPSA) is 55.0 Å². The molecule has 0 atom stereocenters. The molecule has 4 heteroatoms. The molecule has 0 aliphatic heterocycles. The molecule has 1 heterocycles. The molecule has 1 saturated carbocycles. The molecule has 2 aromatic rings. The summed E-state index contributed by atoms with van der Waals surface area (Å²) in [5.74, 6) is 2.03. The zero-order valence-corrected chi connectivity index (χ0v) is 10.8. The van der Waals surface area contributed by atoms with Gasteiger partial charge in [0.2, 0.25) is 0 Å². The number of hydrogen-bond donors (Lipinski definition) is 1. The Morgan fingerprint density at radius 1 is 1.37 bits per heavy atom. The fraction of sp³-hybridized carbons (Fsp3) is 0.333. The summed E-state index contributed by atoms with van der Waals surface area (Å²) < 4.78 is 5.20. The maximum absolute atomic E-state index is 11.6. The minimum absolute atomic E-state index is 0.0604. The highest BCUT2D eigenvalue weighted by Crippen LogP contribution is 2.38. The standard InChI is InChI=1S/C15H16N2O2/c1-19-12-4-2-3-10(7-12)8-14-16-13(11-5-6-11)9-15(18)17-14/h2-4,7,9,11H,5-6,8H2,1H3,(H,16,17,18). The predicted octanol–water partition coefficient (Wildman–Crippen LogP) is 2.25. The number of nitrogens with one attached hydrogen (secondary N) is 1. The Balaban J connectivity index is 1.87. The predicted molar refractivity (Wildman–Crippen MR) is 72.6 cm³/mol. The van der Waals surface area contributed by atoms with Gasteiger partial charge in [0.15, 0.2) is 0 Å². The Kier molecular flexibility index (Phi) is 3.07. The van der Waals surface area contributed by atoms with Crippen molar-refractivity contribution in [1.29, 1.82) is 0 Å². The highest BCUT2D eigenvalue weighted by molar-refractivity contribution is 5.30. The fourth-order valence-electron chi connectivity index (χ4n) is 2.18. The van der Waals surface area contributed by atoms with Crippen molar-refractivity contribution in [3.05, 3.63) is 57.8 Å². The summed E-state index contributed by atoms with van der Waals surface area (Å²) in [4.78, 5) is 19.0. The zero-order valence-electron chi connectivity index (χ0n) is 10.8. The van der Waals surface area contributed by atoms with Crippen molar-refractivity contribution in [1.82, 2.24) is 9.97 Å². The lowest BCUT2D eigenvalue weighted by Crippen LogP contribution is -2.12. The molecule has 1 aliphatic rings. The van der Waals surface area contributed by atoms with E-state index in [9.17, 15) is 4.79 Å². The van der Waals surface area contributed by atoms with E-state index >= 15 is 0 Å². The molecule has 0 saturated heterocycles. The molecule has 19 heavy (non-hydrogen) atoms. The van der Waals surface area contributed by atoms with E-state index in [0.717, 1.165) is 35.7 Å². The van der Waals surface area contributed by atoms with Gasteiger partial charge in [0.25, 0.3) is 5.56 Å². The van der Waals surface area contributed by atoms with Gasteiger partial charge in [0.05, 0.1) is 12.8 Å². The second kappa shape index (κ2) is 4.88. The van der Waals surface area contributed by atoms with E-state index in [1.54, 1.807) is 13.2 Å². The van der Waals surface area contributed by atoms with Crippen molar-refractivity contribution in [3.8, 4) is 5.75 Å². The van der Waals surface area contributed by atoms with Gasteiger partial charge in [-0.25, -0.2) is 4.98 Å². The first-order chi connectivity index (χ1) is 9.24. The summed E-state index contributed by atoms with van der Waals surface area (Å²) in [5, 5.41) is 0. The molecule has 1 aromatic heterocycles. The van der Waals surface area contributed by atoms with Gasteiger partial charge in [-0.3, -0.25) is 4.79 Å². The van der Waals surface area contributed by atoms with Gasteiger partial charge in [0.1, 0.15) is 11.6 Å². The summed E-state index contributed by atoms with van der Waals surface area (Å²) in [7, 11) is 1.65. The quantitative estimate of drug-likeness (QED) is 0.912. The maximum Gasteiger partial charge on any atom is 0.251 e. The van der Waals surface area contributed by atoms with Crippen molar-refractivity contribution in [2.45, 2.75) is 25.2 Å². The third kappa shape index (κ3) is 2.84. The number of methoxy groups -OCH3 is 1. The number of hydrogen-bond acceptors (Lipinski definition) is 3. The Morgan fingerprint density at radius 2 is 2.21 bits per heavy atom. The Bertz CT molecular complexity index is 645. The van der Waals surface area contributed by atoms with E-state index in [1.807, 2.05) is 24.3 Å². The van der Waals surface area contributed by atoms with E-state index < -0.39 is 0 Å². The molecule has 0 spiro atoms. The molecule has 4 nitrogen and oxygen atoms in total. The van der Waals surface area contributed by atoms with Gasteiger partial charge in [0, 0.05) is 18.4 Å². The molecule has 1 aliphatic carbocycles. The van der Waals surface area contributed by atoms with Crippen LogP contribution in [0.1, 0.15) is 35.8 Å². The van der Waals surface area contributed by atoms with E-state index in [2.05, 4.69) is 9.97 Å². The Labute approximate surface area is 111 Å². The van der Waals surface area contributed by atoms with E-state index in [4.69, 9.17) is 4.74 Å². The summed E-state index contributed by atoms with van der Waals surface area (Å²) in [6.07, 6.45) is 2.91. The molecule has 1 fully saturated rings. The average molecular weight is 256 g/mol. The normalized spacial score (nSPS) is 14.4. The van der Waals surface area contributed by atoms with Crippen LogP contribution in [-0.4, -0.2) is 17.1 Å². The molecule has 0 bridgehead atoms. The highest BCUT2D eigenvalue weighted by Gasteiger charge is 2.25. The van der Waals surface area contributed by atoms with Gasteiger partial charge in [-0.05, 0) is 30.5 Å². The minimum atomic E-state index is -0.0604. The molecule has 0 unspecified atom stereocenters. The maximum atomic E-state index is 11.6. The average Bonchev–Trinajstić information content (AvgIpc) is 3.22. The molecule has 0 radical (unpaired) electrons. The first-order valence-electron chi connectivity index (χ1n) is 6.47. The van der Waals surface area contributed by atoms with Gasteiger partial charge >= 0.3 is 0 Å². The van der Waals surface area contributed by atoms with Crippen LogP contribution in [0.25, 0.3) is 0 Å². The van der Waals surface area contributed by atoms with E-state index in [1.165, 1.54) is 0 Å². The molecular formula is C15H16N2O2. The largest absolute Gasteiger partial charge is 0.497 e. The lowest BCUT2D eigenvalue weighted by molar-refractivity contribution is 0.414. The first kappa shape index (κ1) is 12.0. The molecule has 1 N–H and O–H groups in total. The molecular weight excluding hydrogens is 240 g/mol. The summed E-state index contributed by atoms with van der Waals surface area (Å²) >= 11 is 0. The van der Waals surface area contributed by atoms with Crippen molar-refractivity contribution < 1.29 is 4.74 Å². The minimum Gasteiger partial charge on any atom is -0.497 e. The van der Waals surface area contributed by atoms with Crippen LogP contribution in [0.15, 0.2) is 35.1 Å². The molecule has 3 rings (SSSR count). The van der Waals surface area contributed by atoms with Crippen LogP contribution in [-0.2, 0) is 6.42 Å². The van der Waals surface area contributed by atoms with Crippen molar-refractivity contribution in [3.63, 3.8) is 0 Å². The lowest BCUT2D eigenvalue weighted by atomic mass is 10.1.